The molecule has 0 saturated carbocycles. The smallest absolute Gasteiger partial charge is 0.392 e. The second kappa shape index (κ2) is 10.1. The zero-order valence-electron chi connectivity index (χ0n) is 18.2. The lowest BCUT2D eigenvalue weighted by atomic mass is 10.1. The maximum absolute atomic E-state index is 13.3. The monoisotopic (exact) mass is 499 g/mol. The van der Waals surface area contributed by atoms with Crippen LogP contribution in [0.3, 0.4) is 0 Å². The number of nitrogens with zero attached hydrogens (tertiary/aromatic N) is 2. The number of carbonyl (C=O) groups excluding carboxylic acids is 2. The summed E-state index contributed by atoms with van der Waals surface area (Å²) in [6.45, 7) is 0.768. The molecule has 1 unspecified atom stereocenters. The Kier molecular flexibility index (Phi) is 7.64. The summed E-state index contributed by atoms with van der Waals surface area (Å²) in [5, 5.41) is 11.7. The van der Waals surface area contributed by atoms with Crippen LogP contribution in [-0.2, 0) is 38.9 Å². The van der Waals surface area contributed by atoms with E-state index in [1.165, 1.54) is 48.2 Å². The molecule has 0 bridgehead atoms. The van der Waals surface area contributed by atoms with Crippen LogP contribution in [0.15, 0.2) is 53.4 Å². The highest BCUT2D eigenvalue weighted by atomic mass is 32.2. The van der Waals surface area contributed by atoms with Crippen LogP contribution >= 0.6 is 0 Å². The minimum absolute atomic E-state index is 0.0680. The summed E-state index contributed by atoms with van der Waals surface area (Å²) in [4.78, 5) is 26.1. The molecule has 0 radical (unpaired) electrons. The summed E-state index contributed by atoms with van der Waals surface area (Å²) < 4.78 is 65.7. The van der Waals surface area contributed by atoms with Crippen LogP contribution in [0.25, 0.3) is 0 Å². The van der Waals surface area contributed by atoms with E-state index >= 15 is 0 Å². The number of aliphatic hydroxyl groups excluding tert-OH is 1. The van der Waals surface area contributed by atoms with E-state index in [0.717, 1.165) is 16.4 Å². The van der Waals surface area contributed by atoms with Gasteiger partial charge < -0.3 is 15.3 Å². The number of amides is 2. The number of carbonyl (C=O) groups is 2. The van der Waals surface area contributed by atoms with Gasteiger partial charge in [-0.3, -0.25) is 9.59 Å². The van der Waals surface area contributed by atoms with Crippen molar-refractivity contribution >= 4 is 21.8 Å². The number of piperazine rings is 1. The van der Waals surface area contributed by atoms with Crippen molar-refractivity contribution in [3.05, 3.63) is 65.2 Å². The fourth-order valence-corrected chi connectivity index (χ4v) is 5.14. The van der Waals surface area contributed by atoms with Crippen molar-refractivity contribution in [2.45, 2.75) is 37.2 Å². The van der Waals surface area contributed by atoms with Gasteiger partial charge in [-0.05, 0) is 35.4 Å². The lowest BCUT2D eigenvalue weighted by molar-refractivity contribution is -0.138. The van der Waals surface area contributed by atoms with Gasteiger partial charge in [-0.1, -0.05) is 24.3 Å². The summed E-state index contributed by atoms with van der Waals surface area (Å²) >= 11 is 0. The number of nitrogens with one attached hydrogen (secondary N) is 1. The Labute approximate surface area is 195 Å². The largest absolute Gasteiger partial charge is 0.416 e. The van der Waals surface area contributed by atoms with E-state index in [0.29, 0.717) is 11.1 Å². The van der Waals surface area contributed by atoms with Crippen LogP contribution in [0.5, 0.6) is 0 Å². The number of rotatable bonds is 6. The van der Waals surface area contributed by atoms with Crippen LogP contribution in [-0.4, -0.2) is 60.2 Å². The van der Waals surface area contributed by atoms with Crippen LogP contribution in [0.4, 0.5) is 13.2 Å². The molecule has 3 rings (SSSR count). The summed E-state index contributed by atoms with van der Waals surface area (Å²) in [7, 11) is -4.11. The molecule has 1 aliphatic heterocycles. The second-order valence-corrected chi connectivity index (χ2v) is 9.70. The van der Waals surface area contributed by atoms with Crippen LogP contribution in [0, 0.1) is 0 Å². The molecular weight excluding hydrogens is 475 g/mol. The van der Waals surface area contributed by atoms with E-state index in [9.17, 15) is 36.3 Å². The SMILES string of the molecule is CC(=O)N1CCN(S(=O)(=O)c2ccc(CO)cc2)C(C(=O)NCc2ccc(C(F)(F)F)cc2)C1. The molecular formula is C22H24F3N3O5S. The Morgan fingerprint density at radius 3 is 2.15 bits per heavy atom. The highest BCUT2D eigenvalue weighted by Gasteiger charge is 2.40. The van der Waals surface area contributed by atoms with Gasteiger partial charge in [0.1, 0.15) is 6.04 Å². The van der Waals surface area contributed by atoms with Crippen LogP contribution < -0.4 is 5.32 Å². The lowest BCUT2D eigenvalue weighted by Crippen LogP contribution is -2.61. The van der Waals surface area contributed by atoms with E-state index in [1.54, 1.807) is 0 Å². The zero-order valence-corrected chi connectivity index (χ0v) is 19.1. The molecule has 2 amide bonds. The molecule has 2 aromatic rings. The molecule has 1 aliphatic rings. The van der Waals surface area contributed by atoms with Crippen molar-refractivity contribution < 1.29 is 36.3 Å². The third kappa shape index (κ3) is 5.75. The van der Waals surface area contributed by atoms with Crippen LogP contribution in [0.2, 0.25) is 0 Å². The Morgan fingerprint density at radius 1 is 1.03 bits per heavy atom. The first-order valence-corrected chi connectivity index (χ1v) is 11.8. The second-order valence-electron chi connectivity index (χ2n) is 7.81. The third-order valence-corrected chi connectivity index (χ3v) is 7.46. The molecule has 34 heavy (non-hydrogen) atoms. The molecule has 0 aromatic heterocycles. The molecule has 0 spiro atoms. The van der Waals surface area contributed by atoms with E-state index in [1.807, 2.05) is 0 Å². The maximum Gasteiger partial charge on any atom is 0.416 e. The number of benzene rings is 2. The highest BCUT2D eigenvalue weighted by molar-refractivity contribution is 7.89. The normalized spacial score (nSPS) is 17.4. The number of halogens is 3. The number of hydrogen-bond acceptors (Lipinski definition) is 5. The first kappa shape index (κ1) is 25.7. The van der Waals surface area contributed by atoms with Crippen molar-refractivity contribution in [2.24, 2.45) is 0 Å². The van der Waals surface area contributed by atoms with Gasteiger partial charge in [-0.25, -0.2) is 8.42 Å². The number of aliphatic hydroxyl groups is 1. The Morgan fingerprint density at radius 2 is 1.62 bits per heavy atom. The maximum atomic E-state index is 13.3. The van der Waals surface area contributed by atoms with Gasteiger partial charge in [-0.15, -0.1) is 0 Å². The van der Waals surface area contributed by atoms with Crippen molar-refractivity contribution in [1.29, 1.82) is 0 Å². The van der Waals surface area contributed by atoms with Gasteiger partial charge in [-0.2, -0.15) is 17.5 Å². The van der Waals surface area contributed by atoms with Gasteiger partial charge in [0.05, 0.1) is 17.1 Å². The molecule has 0 aliphatic carbocycles. The van der Waals surface area contributed by atoms with Gasteiger partial charge >= 0.3 is 6.18 Å². The average molecular weight is 500 g/mol. The minimum Gasteiger partial charge on any atom is -0.392 e. The van der Waals surface area contributed by atoms with Crippen molar-refractivity contribution in [2.75, 3.05) is 19.6 Å². The van der Waals surface area contributed by atoms with E-state index in [4.69, 9.17) is 0 Å². The topological polar surface area (TPSA) is 107 Å². The van der Waals surface area contributed by atoms with Gasteiger partial charge in [0.25, 0.3) is 0 Å². The fourth-order valence-electron chi connectivity index (χ4n) is 3.57. The predicted molar refractivity (Wildman–Crippen MR) is 116 cm³/mol. The number of hydrogen-bond donors (Lipinski definition) is 2. The third-order valence-electron chi connectivity index (χ3n) is 5.54. The highest BCUT2D eigenvalue weighted by Crippen LogP contribution is 2.29. The molecule has 1 atom stereocenters. The van der Waals surface area contributed by atoms with Crippen molar-refractivity contribution in [1.82, 2.24) is 14.5 Å². The number of alkyl halides is 3. The molecule has 184 valence electrons. The molecule has 2 aromatic carbocycles. The van der Waals surface area contributed by atoms with Gasteiger partial charge in [0, 0.05) is 33.1 Å². The Hall–Kier alpha value is -2.96. The quantitative estimate of drug-likeness (QED) is 0.630. The summed E-state index contributed by atoms with van der Waals surface area (Å²) in [5.41, 5.74) is 0.0946. The molecule has 2 N–H and O–H groups in total. The molecule has 1 fully saturated rings. The Balaban J connectivity index is 1.80. The molecule has 1 saturated heterocycles. The molecule has 8 nitrogen and oxygen atoms in total. The van der Waals surface area contributed by atoms with Crippen LogP contribution in [0.1, 0.15) is 23.6 Å². The minimum atomic E-state index is -4.48. The van der Waals surface area contributed by atoms with E-state index < -0.39 is 33.7 Å². The standard InChI is InChI=1S/C22H24F3N3O5S/c1-15(30)27-10-11-28(34(32,33)19-8-4-17(14-29)5-9-19)20(13-27)21(31)26-12-16-2-6-18(7-3-16)22(23,24)25/h2-9,20,29H,10-14H2,1H3,(H,26,31). The number of sulfonamides is 1. The lowest BCUT2D eigenvalue weighted by Gasteiger charge is -2.39. The van der Waals surface area contributed by atoms with E-state index in [-0.39, 0.29) is 43.6 Å². The molecule has 1 heterocycles. The van der Waals surface area contributed by atoms with Gasteiger partial charge in [0.2, 0.25) is 21.8 Å². The van der Waals surface area contributed by atoms with E-state index in [2.05, 4.69) is 5.32 Å². The van der Waals surface area contributed by atoms with Crippen molar-refractivity contribution in [3.63, 3.8) is 0 Å². The Bertz CT molecular complexity index is 1140. The zero-order chi connectivity index (χ0) is 25.1. The summed E-state index contributed by atoms with van der Waals surface area (Å²) in [6, 6.07) is 8.58. The first-order valence-electron chi connectivity index (χ1n) is 10.3. The summed E-state index contributed by atoms with van der Waals surface area (Å²) in [6.07, 6.45) is -4.48. The molecule has 12 heteroatoms. The summed E-state index contributed by atoms with van der Waals surface area (Å²) in [5.74, 6) is -0.994. The average Bonchev–Trinajstić information content (AvgIpc) is 2.81. The predicted octanol–water partition coefficient (Wildman–Crippen LogP) is 1.74. The first-order chi connectivity index (χ1) is 15.9. The fraction of sp³-hybridized carbons (Fsp3) is 0.364. The van der Waals surface area contributed by atoms with Crippen molar-refractivity contribution in [3.8, 4) is 0 Å². The van der Waals surface area contributed by atoms with Gasteiger partial charge in [0.15, 0.2) is 0 Å².